The fourth-order valence-electron chi connectivity index (χ4n) is 2.40. The molecule has 6 nitrogen and oxygen atoms in total. The Labute approximate surface area is 118 Å². The van der Waals surface area contributed by atoms with E-state index in [1.54, 1.807) is 4.68 Å². The van der Waals surface area contributed by atoms with Gasteiger partial charge in [-0.15, -0.1) is 6.42 Å². The molecule has 1 atom stereocenters. The van der Waals surface area contributed by atoms with E-state index in [2.05, 4.69) is 37.1 Å². The summed E-state index contributed by atoms with van der Waals surface area (Å²) in [7, 11) is 1.83. The highest BCUT2D eigenvalue weighted by Crippen LogP contribution is 2.33. The summed E-state index contributed by atoms with van der Waals surface area (Å²) in [5.41, 5.74) is 1.54. The van der Waals surface area contributed by atoms with Gasteiger partial charge in [0.2, 0.25) is 0 Å². The smallest absolute Gasteiger partial charge is 0.299 e. The number of carbonyl (C=O) groups excluding carboxylic acids is 1. The molecule has 2 rings (SSSR count). The lowest BCUT2D eigenvalue weighted by atomic mass is 9.87. The molecule has 1 unspecified atom stereocenters. The molecule has 0 bridgehead atoms. The van der Waals surface area contributed by atoms with Gasteiger partial charge in [0.25, 0.3) is 0 Å². The van der Waals surface area contributed by atoms with Gasteiger partial charge in [0.05, 0.1) is 12.2 Å². The van der Waals surface area contributed by atoms with Gasteiger partial charge < -0.3 is 0 Å². The lowest BCUT2D eigenvalue weighted by Gasteiger charge is -2.24. The monoisotopic (exact) mass is 273 g/mol. The predicted molar refractivity (Wildman–Crippen MR) is 76.4 cm³/mol. The van der Waals surface area contributed by atoms with Gasteiger partial charge in [0.15, 0.2) is 0 Å². The number of rotatable bonds is 2. The summed E-state index contributed by atoms with van der Waals surface area (Å²) in [5.74, 6) is 2.61. The molecule has 6 heteroatoms. The number of nitrogens with one attached hydrogen (secondary N) is 2. The average molecular weight is 273 g/mol. The fraction of sp³-hybridized carbons (Fsp3) is 0.500. The minimum atomic E-state index is -0.485. The van der Waals surface area contributed by atoms with Gasteiger partial charge in [-0.3, -0.25) is 20.3 Å². The molecule has 106 valence electrons. The Hall–Kier alpha value is -2.29. The Morgan fingerprint density at radius 2 is 2.20 bits per heavy atom. The van der Waals surface area contributed by atoms with E-state index in [0.717, 1.165) is 11.3 Å². The predicted octanol–water partition coefficient (Wildman–Crippen LogP) is 1.39. The normalized spacial score (nSPS) is 19.1. The van der Waals surface area contributed by atoms with Gasteiger partial charge in [0, 0.05) is 24.2 Å². The molecular weight excluding hydrogens is 254 g/mol. The zero-order valence-electron chi connectivity index (χ0n) is 12.2. The summed E-state index contributed by atoms with van der Waals surface area (Å²) in [4.78, 5) is 13.4. The number of hydrogen-bond donors (Lipinski definition) is 2. The van der Waals surface area contributed by atoms with Gasteiger partial charge in [0.1, 0.15) is 11.9 Å². The second-order valence-electron chi connectivity index (χ2n) is 5.94. The highest BCUT2D eigenvalue weighted by Gasteiger charge is 2.40. The van der Waals surface area contributed by atoms with E-state index in [9.17, 15) is 4.79 Å². The second kappa shape index (κ2) is 4.67. The van der Waals surface area contributed by atoms with Crippen molar-refractivity contribution in [3.8, 4) is 12.3 Å². The van der Waals surface area contributed by atoms with Crippen LogP contribution in [0.1, 0.15) is 38.1 Å². The van der Waals surface area contributed by atoms with Crippen LogP contribution in [0, 0.1) is 17.8 Å². The first-order valence-electron chi connectivity index (χ1n) is 6.39. The van der Waals surface area contributed by atoms with Gasteiger partial charge in [-0.05, 0) is 0 Å². The maximum Gasteiger partial charge on any atom is 0.324 e. The molecule has 0 aliphatic carbocycles. The SMILES string of the molecule is C#CCN1C(=O)NC(=N)C1c1cn(C)nc1C(C)(C)C. The van der Waals surface area contributed by atoms with E-state index in [1.165, 1.54) is 4.90 Å². The number of nitrogens with zero attached hydrogens (tertiary/aromatic N) is 3. The van der Waals surface area contributed by atoms with Crippen molar-refractivity contribution in [1.82, 2.24) is 20.0 Å². The van der Waals surface area contributed by atoms with Crippen molar-refractivity contribution in [2.45, 2.75) is 32.2 Å². The number of urea groups is 1. The van der Waals surface area contributed by atoms with Gasteiger partial charge >= 0.3 is 6.03 Å². The van der Waals surface area contributed by atoms with Crippen molar-refractivity contribution < 1.29 is 4.79 Å². The van der Waals surface area contributed by atoms with E-state index in [0.29, 0.717) is 0 Å². The van der Waals surface area contributed by atoms with Gasteiger partial charge in [-0.2, -0.15) is 5.10 Å². The maximum atomic E-state index is 11.9. The molecule has 2 heterocycles. The van der Waals surface area contributed by atoms with Crippen LogP contribution in [-0.2, 0) is 12.5 Å². The van der Waals surface area contributed by atoms with Crippen LogP contribution >= 0.6 is 0 Å². The standard InChI is InChI=1S/C14H19N5O/c1-6-7-19-10(12(15)16-13(19)20)9-8-18(5)17-11(9)14(2,3)4/h1,8,10H,7H2,2-5H3,(H2,15,16,20). The molecule has 1 fully saturated rings. The number of terminal acetylenes is 1. The molecule has 2 amide bonds. The number of amides is 2. The quantitative estimate of drug-likeness (QED) is 0.799. The molecule has 1 aliphatic rings. The number of carbonyl (C=O) groups is 1. The number of aryl methyl sites for hydroxylation is 1. The molecule has 0 radical (unpaired) electrons. The summed E-state index contributed by atoms with van der Waals surface area (Å²) in [6.45, 7) is 6.33. The van der Waals surface area contributed by atoms with Crippen LogP contribution in [0.3, 0.4) is 0 Å². The van der Waals surface area contributed by atoms with Crippen LogP contribution in [0.4, 0.5) is 4.79 Å². The molecule has 20 heavy (non-hydrogen) atoms. The van der Waals surface area contributed by atoms with E-state index in [1.807, 2.05) is 13.2 Å². The average Bonchev–Trinajstić information content (AvgIpc) is 2.81. The Morgan fingerprint density at radius 3 is 2.75 bits per heavy atom. The van der Waals surface area contributed by atoms with Crippen molar-refractivity contribution in [2.75, 3.05) is 6.54 Å². The summed E-state index contributed by atoms with van der Waals surface area (Å²) in [6.07, 6.45) is 7.17. The Bertz CT molecular complexity index is 602. The van der Waals surface area contributed by atoms with Crippen LogP contribution in [0.25, 0.3) is 0 Å². The second-order valence-corrected chi connectivity index (χ2v) is 5.94. The van der Waals surface area contributed by atoms with Crippen molar-refractivity contribution in [3.05, 3.63) is 17.5 Å². The highest BCUT2D eigenvalue weighted by atomic mass is 16.2. The molecular formula is C14H19N5O. The molecule has 1 aromatic rings. The van der Waals surface area contributed by atoms with E-state index < -0.39 is 6.04 Å². The first-order valence-corrected chi connectivity index (χ1v) is 6.39. The van der Waals surface area contributed by atoms with Gasteiger partial charge in [-0.25, -0.2) is 4.79 Å². The Kier molecular flexibility index (Phi) is 3.30. The lowest BCUT2D eigenvalue weighted by Crippen LogP contribution is -2.31. The maximum absolute atomic E-state index is 11.9. The Balaban J connectivity index is 2.52. The third-order valence-corrected chi connectivity index (χ3v) is 3.21. The lowest BCUT2D eigenvalue weighted by molar-refractivity contribution is 0.212. The van der Waals surface area contributed by atoms with Crippen LogP contribution in [-0.4, -0.2) is 33.1 Å². The molecule has 1 saturated heterocycles. The molecule has 0 aromatic carbocycles. The van der Waals surface area contributed by atoms with Gasteiger partial charge in [-0.1, -0.05) is 26.7 Å². The third kappa shape index (κ3) is 2.27. The molecule has 0 saturated carbocycles. The first-order chi connectivity index (χ1) is 9.25. The largest absolute Gasteiger partial charge is 0.324 e. The molecule has 1 aliphatic heterocycles. The van der Waals surface area contributed by atoms with Crippen LogP contribution in [0.15, 0.2) is 6.20 Å². The minimum Gasteiger partial charge on any atom is -0.299 e. The van der Waals surface area contributed by atoms with Crippen LogP contribution < -0.4 is 5.32 Å². The molecule has 0 spiro atoms. The number of hydrogen-bond acceptors (Lipinski definition) is 3. The first kappa shape index (κ1) is 14.1. The number of aromatic nitrogens is 2. The summed E-state index contributed by atoms with van der Waals surface area (Å²) >= 11 is 0. The molecule has 2 N–H and O–H groups in total. The van der Waals surface area contributed by atoms with Crippen molar-refractivity contribution in [3.63, 3.8) is 0 Å². The van der Waals surface area contributed by atoms with Crippen LogP contribution in [0.5, 0.6) is 0 Å². The van der Waals surface area contributed by atoms with E-state index in [-0.39, 0.29) is 23.8 Å². The summed E-state index contributed by atoms with van der Waals surface area (Å²) < 4.78 is 1.71. The minimum absolute atomic E-state index is 0.142. The van der Waals surface area contributed by atoms with Crippen LogP contribution in [0.2, 0.25) is 0 Å². The summed E-state index contributed by atoms with van der Waals surface area (Å²) in [5, 5.41) is 15.0. The van der Waals surface area contributed by atoms with Crippen molar-refractivity contribution in [2.24, 2.45) is 7.05 Å². The summed E-state index contributed by atoms with van der Waals surface area (Å²) in [6, 6.07) is -0.817. The Morgan fingerprint density at radius 1 is 1.55 bits per heavy atom. The zero-order valence-corrected chi connectivity index (χ0v) is 12.2. The van der Waals surface area contributed by atoms with Crippen molar-refractivity contribution in [1.29, 1.82) is 5.41 Å². The van der Waals surface area contributed by atoms with Crippen molar-refractivity contribution >= 4 is 11.9 Å². The highest BCUT2D eigenvalue weighted by molar-refractivity contribution is 6.06. The van der Waals surface area contributed by atoms with E-state index in [4.69, 9.17) is 11.8 Å². The fourth-order valence-corrected chi connectivity index (χ4v) is 2.40. The van der Waals surface area contributed by atoms with E-state index >= 15 is 0 Å². The topological polar surface area (TPSA) is 74.0 Å². The third-order valence-electron chi connectivity index (χ3n) is 3.21. The number of amidine groups is 1. The zero-order chi connectivity index (χ0) is 15.1. The molecule has 1 aromatic heterocycles.